The minimum atomic E-state index is 0.874. The number of nitrogens with zero attached hydrogens (tertiary/aromatic N) is 1. The summed E-state index contributed by atoms with van der Waals surface area (Å²) in [6.45, 7) is 0. The number of fused-ring (bicyclic) bond motifs is 9. The molecule has 9 rings (SSSR count). The van der Waals surface area contributed by atoms with Gasteiger partial charge in [-0.05, 0) is 63.0 Å². The van der Waals surface area contributed by atoms with Crippen LogP contribution in [0.2, 0.25) is 0 Å². The monoisotopic (exact) mass is 561 g/mol. The zero-order valence-corrected chi connectivity index (χ0v) is 23.9. The molecule has 0 aliphatic carbocycles. The van der Waals surface area contributed by atoms with Gasteiger partial charge < -0.3 is 9.32 Å². The topological polar surface area (TPSA) is 16.4 Å². The van der Waals surface area contributed by atoms with Gasteiger partial charge in [0.25, 0.3) is 0 Å². The Morgan fingerprint density at radius 3 is 1.75 bits per heavy atom. The SMILES string of the molecule is c1ccc(-c2cc(N(c3ccccc3)c3cccc4ccccc34)c3c(c2)oc2c4ccccc4c4ccccc4c23)cc1. The first-order chi connectivity index (χ1) is 21.8. The molecule has 8 aromatic carbocycles. The number of furan rings is 1. The van der Waals surface area contributed by atoms with Crippen LogP contribution >= 0.6 is 0 Å². The molecule has 44 heavy (non-hydrogen) atoms. The number of rotatable bonds is 4. The molecule has 0 saturated carbocycles. The second-order valence-corrected chi connectivity index (χ2v) is 11.3. The van der Waals surface area contributed by atoms with Crippen LogP contribution in [0.3, 0.4) is 0 Å². The fraction of sp³-hybridized carbons (Fsp3) is 0. The third kappa shape index (κ3) is 3.75. The van der Waals surface area contributed by atoms with Crippen LogP contribution in [-0.2, 0) is 0 Å². The van der Waals surface area contributed by atoms with E-state index in [9.17, 15) is 0 Å². The van der Waals surface area contributed by atoms with Crippen LogP contribution < -0.4 is 4.90 Å². The summed E-state index contributed by atoms with van der Waals surface area (Å²) in [4.78, 5) is 2.41. The summed E-state index contributed by atoms with van der Waals surface area (Å²) >= 11 is 0. The molecule has 2 nitrogen and oxygen atoms in total. The molecule has 2 heteroatoms. The Morgan fingerprint density at radius 1 is 0.386 bits per heavy atom. The normalized spacial score (nSPS) is 11.6. The molecule has 206 valence electrons. The van der Waals surface area contributed by atoms with E-state index in [2.05, 4.69) is 169 Å². The van der Waals surface area contributed by atoms with Crippen molar-refractivity contribution in [3.63, 3.8) is 0 Å². The number of benzene rings is 8. The largest absolute Gasteiger partial charge is 0.455 e. The van der Waals surface area contributed by atoms with E-state index in [0.717, 1.165) is 55.5 Å². The van der Waals surface area contributed by atoms with E-state index in [1.807, 2.05) is 0 Å². The van der Waals surface area contributed by atoms with Crippen LogP contribution in [-0.4, -0.2) is 0 Å². The molecule has 0 atom stereocenters. The van der Waals surface area contributed by atoms with Crippen LogP contribution in [0, 0.1) is 0 Å². The van der Waals surface area contributed by atoms with E-state index in [0.29, 0.717) is 0 Å². The number of para-hydroxylation sites is 1. The summed E-state index contributed by atoms with van der Waals surface area (Å²) in [5.41, 5.74) is 7.36. The van der Waals surface area contributed by atoms with Gasteiger partial charge in [-0.2, -0.15) is 0 Å². The van der Waals surface area contributed by atoms with E-state index >= 15 is 0 Å². The quantitative estimate of drug-likeness (QED) is 0.199. The summed E-state index contributed by atoms with van der Waals surface area (Å²) in [7, 11) is 0. The first-order valence-electron chi connectivity index (χ1n) is 15.0. The Labute approximate surface area is 255 Å². The second-order valence-electron chi connectivity index (χ2n) is 11.3. The van der Waals surface area contributed by atoms with Gasteiger partial charge in [0.2, 0.25) is 0 Å². The average Bonchev–Trinajstić information content (AvgIpc) is 3.50. The minimum absolute atomic E-state index is 0.874. The first kappa shape index (κ1) is 24.7. The van der Waals surface area contributed by atoms with Crippen LogP contribution in [0.15, 0.2) is 168 Å². The molecule has 0 fully saturated rings. The van der Waals surface area contributed by atoms with Gasteiger partial charge in [0.1, 0.15) is 11.2 Å². The summed E-state index contributed by atoms with van der Waals surface area (Å²) < 4.78 is 6.96. The Kier molecular flexibility index (Phi) is 5.54. The highest BCUT2D eigenvalue weighted by atomic mass is 16.3. The standard InChI is InChI=1S/C42H27NO/c1-3-14-28(15-4-1)30-26-38(43(31-18-5-2-6-19-31)37-25-13-17-29-16-7-8-20-32(29)37)41-39(27-30)44-42-36-24-12-10-22-34(36)33-21-9-11-23-35(33)40(41)42/h1-27H. The predicted octanol–water partition coefficient (Wildman–Crippen LogP) is 12.2. The van der Waals surface area contributed by atoms with Crippen LogP contribution in [0.4, 0.5) is 17.1 Å². The van der Waals surface area contributed by atoms with E-state index < -0.39 is 0 Å². The van der Waals surface area contributed by atoms with Gasteiger partial charge in [0, 0.05) is 21.8 Å². The summed E-state index contributed by atoms with van der Waals surface area (Å²) in [6.07, 6.45) is 0. The van der Waals surface area contributed by atoms with Gasteiger partial charge in [0.15, 0.2) is 0 Å². The highest BCUT2D eigenvalue weighted by Crippen LogP contribution is 2.49. The molecule has 0 amide bonds. The molecule has 0 aliphatic rings. The van der Waals surface area contributed by atoms with Crippen LogP contribution in [0.25, 0.3) is 65.4 Å². The first-order valence-corrected chi connectivity index (χ1v) is 15.0. The van der Waals surface area contributed by atoms with Gasteiger partial charge in [-0.15, -0.1) is 0 Å². The maximum Gasteiger partial charge on any atom is 0.143 e. The molecule has 1 aromatic heterocycles. The Bertz CT molecular complexity index is 2490. The lowest BCUT2D eigenvalue weighted by Gasteiger charge is -2.28. The molecular weight excluding hydrogens is 534 g/mol. The zero-order chi connectivity index (χ0) is 29.0. The van der Waals surface area contributed by atoms with Crippen molar-refractivity contribution in [1.82, 2.24) is 0 Å². The van der Waals surface area contributed by atoms with E-state index in [4.69, 9.17) is 4.42 Å². The van der Waals surface area contributed by atoms with Crippen molar-refractivity contribution < 1.29 is 4.42 Å². The maximum atomic E-state index is 6.96. The van der Waals surface area contributed by atoms with Crippen molar-refractivity contribution in [3.05, 3.63) is 164 Å². The number of anilines is 3. The zero-order valence-electron chi connectivity index (χ0n) is 23.9. The van der Waals surface area contributed by atoms with E-state index in [1.54, 1.807) is 0 Å². The van der Waals surface area contributed by atoms with Crippen molar-refractivity contribution in [2.24, 2.45) is 0 Å². The molecule has 0 spiro atoms. The van der Waals surface area contributed by atoms with Gasteiger partial charge >= 0.3 is 0 Å². The van der Waals surface area contributed by atoms with Crippen LogP contribution in [0.1, 0.15) is 0 Å². The molecular formula is C42H27NO. The molecule has 0 aliphatic heterocycles. The summed E-state index contributed by atoms with van der Waals surface area (Å²) in [5.74, 6) is 0. The fourth-order valence-electron chi connectivity index (χ4n) is 6.87. The van der Waals surface area contributed by atoms with Crippen molar-refractivity contribution in [2.45, 2.75) is 0 Å². The van der Waals surface area contributed by atoms with E-state index in [1.165, 1.54) is 26.9 Å². The van der Waals surface area contributed by atoms with Gasteiger partial charge in [-0.1, -0.05) is 133 Å². The Hall–Kier alpha value is -5.86. The smallest absolute Gasteiger partial charge is 0.143 e. The van der Waals surface area contributed by atoms with E-state index in [-0.39, 0.29) is 0 Å². The average molecular weight is 562 g/mol. The van der Waals surface area contributed by atoms with Crippen molar-refractivity contribution in [2.75, 3.05) is 4.90 Å². The third-order valence-corrected chi connectivity index (χ3v) is 8.80. The fourth-order valence-corrected chi connectivity index (χ4v) is 6.87. The Balaban J connectivity index is 1.50. The highest BCUT2D eigenvalue weighted by molar-refractivity contribution is 6.32. The molecule has 0 saturated heterocycles. The summed E-state index contributed by atoms with van der Waals surface area (Å²) in [6, 6.07) is 58.4. The maximum absolute atomic E-state index is 6.96. The van der Waals surface area contributed by atoms with Crippen molar-refractivity contribution >= 4 is 71.3 Å². The van der Waals surface area contributed by atoms with Crippen molar-refractivity contribution in [3.8, 4) is 11.1 Å². The minimum Gasteiger partial charge on any atom is -0.455 e. The number of hydrogen-bond acceptors (Lipinski definition) is 2. The predicted molar refractivity (Wildman–Crippen MR) is 186 cm³/mol. The van der Waals surface area contributed by atoms with Crippen molar-refractivity contribution in [1.29, 1.82) is 0 Å². The molecule has 0 N–H and O–H groups in total. The molecule has 0 radical (unpaired) electrons. The molecule has 0 bridgehead atoms. The lowest BCUT2D eigenvalue weighted by atomic mass is 9.94. The third-order valence-electron chi connectivity index (χ3n) is 8.80. The van der Waals surface area contributed by atoms with Gasteiger partial charge in [-0.25, -0.2) is 0 Å². The van der Waals surface area contributed by atoms with Gasteiger partial charge in [0.05, 0.1) is 16.8 Å². The lowest BCUT2D eigenvalue weighted by Crippen LogP contribution is -2.11. The number of hydrogen-bond donors (Lipinski definition) is 0. The molecule has 0 unspecified atom stereocenters. The molecule has 1 heterocycles. The second kappa shape index (κ2) is 9.86. The highest BCUT2D eigenvalue weighted by Gasteiger charge is 2.24. The lowest BCUT2D eigenvalue weighted by molar-refractivity contribution is 0.673. The van der Waals surface area contributed by atoms with Gasteiger partial charge in [-0.3, -0.25) is 0 Å². The Morgan fingerprint density at radius 2 is 0.977 bits per heavy atom. The molecule has 9 aromatic rings. The summed E-state index contributed by atoms with van der Waals surface area (Å²) in [5, 5.41) is 9.40. The van der Waals surface area contributed by atoms with Crippen LogP contribution in [0.5, 0.6) is 0 Å².